The van der Waals surface area contributed by atoms with E-state index in [0.29, 0.717) is 79.8 Å². The number of carbonyl (C=O) groups is 3. The van der Waals surface area contributed by atoms with Crippen molar-refractivity contribution in [3.63, 3.8) is 0 Å². The molecular formula is C31H27Cl2N5O6. The van der Waals surface area contributed by atoms with E-state index >= 15 is 0 Å². The van der Waals surface area contributed by atoms with Crippen LogP contribution < -0.4 is 14.8 Å². The third-order valence-corrected chi connectivity index (χ3v) is 8.02. The van der Waals surface area contributed by atoms with Gasteiger partial charge in [-0.05, 0) is 24.6 Å². The number of amides is 2. The molecule has 5 rings (SSSR count). The maximum atomic E-state index is 12.0. The topological polar surface area (TPSA) is 144 Å². The molecule has 0 aliphatic carbocycles. The summed E-state index contributed by atoms with van der Waals surface area (Å²) in [6.07, 6.45) is 3.60. The highest BCUT2D eigenvalue weighted by Gasteiger charge is 2.27. The minimum Gasteiger partial charge on any atom is -0.496 e. The molecular weight excluding hydrogens is 609 g/mol. The molecule has 4 aromatic rings. The Morgan fingerprint density at radius 1 is 1.09 bits per heavy atom. The van der Waals surface area contributed by atoms with Gasteiger partial charge < -0.3 is 24.8 Å². The molecule has 2 N–H and O–H groups in total. The molecule has 0 radical (unpaired) electrons. The van der Waals surface area contributed by atoms with E-state index in [-0.39, 0.29) is 30.9 Å². The van der Waals surface area contributed by atoms with E-state index < -0.39 is 6.09 Å². The average molecular weight is 636 g/mol. The van der Waals surface area contributed by atoms with Gasteiger partial charge in [0.05, 0.1) is 54.0 Å². The number of hydrogen-bond acceptors (Lipinski definition) is 8. The van der Waals surface area contributed by atoms with Crippen LogP contribution in [-0.4, -0.2) is 70.1 Å². The van der Waals surface area contributed by atoms with Crippen LogP contribution in [0.2, 0.25) is 10.0 Å². The number of methoxy groups -OCH3 is 2. The predicted octanol–water partition coefficient (Wildman–Crippen LogP) is 5.77. The van der Waals surface area contributed by atoms with Crippen LogP contribution in [0.4, 0.5) is 4.79 Å². The fourth-order valence-electron chi connectivity index (χ4n) is 5.02. The van der Waals surface area contributed by atoms with Crippen molar-refractivity contribution in [3.05, 3.63) is 76.2 Å². The SMILES string of the molecule is COc1cc(-c2nccc(-c3cccc(-c4cnc(CN(CC5CCC(=O)N5)C(=O)O)c(OC)n4)c3Cl)c2Cl)ccc1C=O. The molecule has 0 spiro atoms. The van der Waals surface area contributed by atoms with Crippen molar-refractivity contribution in [1.82, 2.24) is 25.2 Å². The number of nitrogens with one attached hydrogen (secondary N) is 1. The van der Waals surface area contributed by atoms with Gasteiger partial charge in [0.25, 0.3) is 0 Å². The number of halogens is 2. The monoisotopic (exact) mass is 635 g/mol. The van der Waals surface area contributed by atoms with E-state index in [9.17, 15) is 19.5 Å². The van der Waals surface area contributed by atoms with Crippen LogP contribution in [0.5, 0.6) is 11.6 Å². The second kappa shape index (κ2) is 13.3. The molecule has 13 heteroatoms. The third-order valence-electron chi connectivity index (χ3n) is 7.23. The van der Waals surface area contributed by atoms with Crippen molar-refractivity contribution >= 4 is 41.5 Å². The summed E-state index contributed by atoms with van der Waals surface area (Å²) in [6, 6.07) is 11.9. The van der Waals surface area contributed by atoms with Gasteiger partial charge in [0.1, 0.15) is 11.4 Å². The Morgan fingerprint density at radius 3 is 2.55 bits per heavy atom. The fourth-order valence-corrected chi connectivity index (χ4v) is 5.66. The Labute approximate surface area is 262 Å². The second-order valence-corrected chi connectivity index (χ2v) is 10.7. The molecule has 3 heterocycles. The second-order valence-electron chi connectivity index (χ2n) is 9.94. The molecule has 1 unspecified atom stereocenters. The van der Waals surface area contributed by atoms with Crippen LogP contribution in [0.1, 0.15) is 28.9 Å². The minimum atomic E-state index is -1.15. The minimum absolute atomic E-state index is 0.0834. The molecule has 2 amide bonds. The number of benzene rings is 2. The highest BCUT2D eigenvalue weighted by Crippen LogP contribution is 2.42. The summed E-state index contributed by atoms with van der Waals surface area (Å²) in [5, 5.41) is 13.2. The molecule has 0 bridgehead atoms. The van der Waals surface area contributed by atoms with E-state index in [4.69, 9.17) is 32.7 Å². The van der Waals surface area contributed by atoms with E-state index in [1.165, 1.54) is 25.3 Å². The average Bonchev–Trinajstić information content (AvgIpc) is 3.45. The zero-order chi connectivity index (χ0) is 31.4. The van der Waals surface area contributed by atoms with E-state index in [1.54, 1.807) is 42.6 Å². The van der Waals surface area contributed by atoms with Crippen LogP contribution in [0, 0.1) is 0 Å². The molecule has 11 nitrogen and oxygen atoms in total. The highest BCUT2D eigenvalue weighted by atomic mass is 35.5. The van der Waals surface area contributed by atoms with Gasteiger partial charge in [-0.2, -0.15) is 0 Å². The van der Waals surface area contributed by atoms with Crippen molar-refractivity contribution in [2.24, 2.45) is 0 Å². The van der Waals surface area contributed by atoms with Gasteiger partial charge in [-0.3, -0.25) is 19.6 Å². The Balaban J connectivity index is 1.46. The molecule has 2 aromatic heterocycles. The van der Waals surface area contributed by atoms with Gasteiger partial charge in [0.15, 0.2) is 6.29 Å². The largest absolute Gasteiger partial charge is 0.496 e. The molecule has 0 saturated carbocycles. The molecule has 1 saturated heterocycles. The quantitative estimate of drug-likeness (QED) is 0.208. The summed E-state index contributed by atoms with van der Waals surface area (Å²) in [7, 11) is 2.90. The number of aromatic nitrogens is 3. The number of pyridine rings is 1. The Hall–Kier alpha value is -4.74. The molecule has 1 atom stereocenters. The van der Waals surface area contributed by atoms with Gasteiger partial charge in [0.2, 0.25) is 11.8 Å². The summed E-state index contributed by atoms with van der Waals surface area (Å²) < 4.78 is 10.8. The number of hydrogen-bond donors (Lipinski definition) is 2. The first kappa shape index (κ1) is 30.7. The van der Waals surface area contributed by atoms with E-state index in [2.05, 4.69) is 20.3 Å². The van der Waals surface area contributed by atoms with Crippen LogP contribution in [0.25, 0.3) is 33.6 Å². The van der Waals surface area contributed by atoms with E-state index in [0.717, 1.165) is 0 Å². The Morgan fingerprint density at radius 2 is 1.86 bits per heavy atom. The van der Waals surface area contributed by atoms with Crippen molar-refractivity contribution in [2.45, 2.75) is 25.4 Å². The van der Waals surface area contributed by atoms with Gasteiger partial charge in [0, 0.05) is 47.5 Å². The van der Waals surface area contributed by atoms with Crippen molar-refractivity contribution in [3.8, 4) is 45.3 Å². The van der Waals surface area contributed by atoms with Gasteiger partial charge >= 0.3 is 6.09 Å². The molecule has 1 fully saturated rings. The third kappa shape index (κ3) is 6.29. The van der Waals surface area contributed by atoms with Gasteiger partial charge in [-0.25, -0.2) is 9.78 Å². The summed E-state index contributed by atoms with van der Waals surface area (Å²) in [5.41, 5.74) is 4.05. The first-order chi connectivity index (χ1) is 21.2. The number of rotatable bonds is 10. The molecule has 44 heavy (non-hydrogen) atoms. The number of carbonyl (C=O) groups excluding carboxylic acids is 2. The number of carboxylic acid groups (broad SMARTS) is 1. The van der Waals surface area contributed by atoms with Crippen molar-refractivity contribution in [1.29, 1.82) is 0 Å². The Bertz CT molecular complexity index is 1750. The first-order valence-electron chi connectivity index (χ1n) is 13.5. The van der Waals surface area contributed by atoms with Crippen LogP contribution in [-0.2, 0) is 11.3 Å². The lowest BCUT2D eigenvalue weighted by Crippen LogP contribution is -2.41. The van der Waals surface area contributed by atoms with Gasteiger partial charge in [-0.1, -0.05) is 47.5 Å². The number of nitrogens with zero attached hydrogens (tertiary/aromatic N) is 4. The zero-order valence-electron chi connectivity index (χ0n) is 23.7. The van der Waals surface area contributed by atoms with E-state index in [1.807, 2.05) is 6.07 Å². The lowest BCUT2D eigenvalue weighted by molar-refractivity contribution is -0.119. The van der Waals surface area contributed by atoms with Crippen LogP contribution in [0.15, 0.2) is 54.9 Å². The predicted molar refractivity (Wildman–Crippen MR) is 164 cm³/mol. The number of aldehydes is 1. The highest BCUT2D eigenvalue weighted by molar-refractivity contribution is 6.39. The molecule has 1 aliphatic rings. The normalized spacial score (nSPS) is 14.2. The van der Waals surface area contributed by atoms with Crippen molar-refractivity contribution in [2.75, 3.05) is 20.8 Å². The van der Waals surface area contributed by atoms with Crippen LogP contribution >= 0.6 is 23.2 Å². The lowest BCUT2D eigenvalue weighted by Gasteiger charge is -2.23. The summed E-state index contributed by atoms with van der Waals surface area (Å²) in [5.74, 6) is 0.440. The molecule has 2 aromatic carbocycles. The fraction of sp³-hybridized carbons (Fsp3) is 0.226. The molecule has 1 aliphatic heterocycles. The summed E-state index contributed by atoms with van der Waals surface area (Å²) in [4.78, 5) is 49.5. The summed E-state index contributed by atoms with van der Waals surface area (Å²) >= 11 is 13.8. The maximum absolute atomic E-state index is 12.0. The zero-order valence-corrected chi connectivity index (χ0v) is 25.2. The first-order valence-corrected chi connectivity index (χ1v) is 14.2. The number of ether oxygens (including phenoxy) is 2. The van der Waals surface area contributed by atoms with Crippen molar-refractivity contribution < 1.29 is 29.0 Å². The molecule has 226 valence electrons. The van der Waals surface area contributed by atoms with Gasteiger partial charge in [-0.15, -0.1) is 0 Å². The maximum Gasteiger partial charge on any atom is 0.407 e. The lowest BCUT2D eigenvalue weighted by atomic mass is 9.99. The smallest absolute Gasteiger partial charge is 0.407 e. The Kier molecular flexibility index (Phi) is 9.26. The van der Waals surface area contributed by atoms with Crippen LogP contribution in [0.3, 0.4) is 0 Å². The summed E-state index contributed by atoms with van der Waals surface area (Å²) in [6.45, 7) is 0.0319. The standard InChI is InChI=1S/C31H27Cl2N5O6/c1-43-25-12-17(6-7-18(25)16-39)29-28(33)21(10-11-34-29)20-4-3-5-22(27(20)32)23-13-35-24(30(37-23)44-2)15-38(31(41)42)14-19-8-9-26(40)36-19/h3-7,10-13,16,19H,8-9,14-15H2,1-2H3,(H,36,40)(H,41,42).